The van der Waals surface area contributed by atoms with Crippen molar-refractivity contribution >= 4 is 73.1 Å². The Morgan fingerprint density at radius 3 is 2.81 bits per heavy atom. The zero-order chi connectivity index (χ0) is 19.7. The van der Waals surface area contributed by atoms with Gasteiger partial charge in [-0.05, 0) is 30.2 Å². The summed E-state index contributed by atoms with van der Waals surface area (Å²) in [6.07, 6.45) is 3.71. The molecule has 0 radical (unpaired) electrons. The molecule has 1 amide bonds. The van der Waals surface area contributed by atoms with Gasteiger partial charge in [0, 0.05) is 33.7 Å². The van der Waals surface area contributed by atoms with E-state index in [-0.39, 0.29) is 18.4 Å². The van der Waals surface area contributed by atoms with Crippen LogP contribution in [0.4, 0.5) is 0 Å². The largest absolute Gasteiger partial charge is 0.468 e. The molecule has 3 rings (SSSR count). The molecule has 0 aliphatic carbocycles. The number of hydrogen-bond donors (Lipinski definition) is 0. The SMILES string of the molecule is COC(=O)Cn1cc(/C=C2\SC(=S)N(CC(C)C)C2=O)c2cc(Br)ccc21. The van der Waals surface area contributed by atoms with Crippen LogP contribution in [0.3, 0.4) is 0 Å². The van der Waals surface area contributed by atoms with Crippen molar-refractivity contribution in [3.8, 4) is 0 Å². The number of hydrogen-bond acceptors (Lipinski definition) is 5. The molecule has 0 N–H and O–H groups in total. The first-order chi connectivity index (χ1) is 12.8. The van der Waals surface area contributed by atoms with E-state index in [1.807, 2.05) is 35.0 Å². The lowest BCUT2D eigenvalue weighted by atomic mass is 10.1. The number of thiocarbonyl (C=S) groups is 1. The number of nitrogens with zero attached hydrogens (tertiary/aromatic N) is 2. The average Bonchev–Trinajstić information content (AvgIpc) is 3.06. The van der Waals surface area contributed by atoms with Gasteiger partial charge in [-0.3, -0.25) is 14.5 Å². The van der Waals surface area contributed by atoms with Crippen LogP contribution in [0.1, 0.15) is 19.4 Å². The highest BCUT2D eigenvalue weighted by Gasteiger charge is 2.32. The van der Waals surface area contributed by atoms with Gasteiger partial charge in [0.2, 0.25) is 0 Å². The predicted molar refractivity (Wildman–Crippen MR) is 116 cm³/mol. The maximum atomic E-state index is 12.7. The molecular formula is C19H19BrN2O3S2. The lowest BCUT2D eigenvalue weighted by Crippen LogP contribution is -2.31. The molecule has 1 aromatic heterocycles. The number of rotatable bonds is 5. The Morgan fingerprint density at radius 2 is 2.15 bits per heavy atom. The Kier molecular flexibility index (Phi) is 6.08. The fourth-order valence-electron chi connectivity index (χ4n) is 2.91. The summed E-state index contributed by atoms with van der Waals surface area (Å²) in [5.41, 5.74) is 1.76. The first-order valence-corrected chi connectivity index (χ1v) is 10.4. The van der Waals surface area contributed by atoms with Crippen molar-refractivity contribution in [1.29, 1.82) is 0 Å². The maximum Gasteiger partial charge on any atom is 0.325 e. The van der Waals surface area contributed by atoms with Gasteiger partial charge in [0.05, 0.1) is 12.0 Å². The van der Waals surface area contributed by atoms with Gasteiger partial charge in [0.15, 0.2) is 0 Å². The highest BCUT2D eigenvalue weighted by molar-refractivity contribution is 9.10. The van der Waals surface area contributed by atoms with Crippen molar-refractivity contribution < 1.29 is 14.3 Å². The summed E-state index contributed by atoms with van der Waals surface area (Å²) in [5, 5.41) is 0.947. The van der Waals surface area contributed by atoms with Crippen LogP contribution in [0.25, 0.3) is 17.0 Å². The second-order valence-electron chi connectivity index (χ2n) is 6.64. The molecule has 1 saturated heterocycles. The fourth-order valence-corrected chi connectivity index (χ4v) is 4.54. The molecule has 27 heavy (non-hydrogen) atoms. The first-order valence-electron chi connectivity index (χ1n) is 8.40. The molecule has 2 heterocycles. The first kappa shape index (κ1) is 20.1. The fraction of sp³-hybridized carbons (Fsp3) is 0.316. The van der Waals surface area contributed by atoms with E-state index in [1.165, 1.54) is 18.9 Å². The minimum absolute atomic E-state index is 0.0671. The summed E-state index contributed by atoms with van der Waals surface area (Å²) in [6, 6.07) is 5.83. The smallest absolute Gasteiger partial charge is 0.325 e. The van der Waals surface area contributed by atoms with E-state index in [1.54, 1.807) is 4.90 Å². The Labute approximate surface area is 175 Å². The summed E-state index contributed by atoms with van der Waals surface area (Å²) in [5.74, 6) is -0.0584. The molecule has 0 atom stereocenters. The van der Waals surface area contributed by atoms with Crippen molar-refractivity contribution in [3.05, 3.63) is 39.3 Å². The third-order valence-corrected chi connectivity index (χ3v) is 5.98. The van der Waals surface area contributed by atoms with E-state index < -0.39 is 0 Å². The van der Waals surface area contributed by atoms with Crippen LogP contribution in [-0.4, -0.2) is 39.3 Å². The molecule has 5 nitrogen and oxygen atoms in total. The second kappa shape index (κ2) is 8.16. The van der Waals surface area contributed by atoms with Gasteiger partial charge in [-0.2, -0.15) is 0 Å². The van der Waals surface area contributed by atoms with Crippen LogP contribution in [0, 0.1) is 5.92 Å². The summed E-state index contributed by atoms with van der Waals surface area (Å²) in [6.45, 7) is 4.83. The summed E-state index contributed by atoms with van der Waals surface area (Å²) >= 11 is 10.2. The van der Waals surface area contributed by atoms with Crippen LogP contribution in [0.2, 0.25) is 0 Å². The number of carbonyl (C=O) groups is 2. The highest BCUT2D eigenvalue weighted by atomic mass is 79.9. The van der Waals surface area contributed by atoms with Gasteiger partial charge in [-0.25, -0.2) is 0 Å². The van der Waals surface area contributed by atoms with Crippen LogP contribution >= 0.6 is 39.9 Å². The van der Waals surface area contributed by atoms with E-state index in [9.17, 15) is 9.59 Å². The van der Waals surface area contributed by atoms with Crippen molar-refractivity contribution in [1.82, 2.24) is 9.47 Å². The number of thioether (sulfide) groups is 1. The number of amides is 1. The zero-order valence-corrected chi connectivity index (χ0v) is 18.4. The second-order valence-corrected chi connectivity index (χ2v) is 9.23. The molecule has 2 aromatic rings. The number of esters is 1. The van der Waals surface area contributed by atoms with Crippen molar-refractivity contribution in [3.63, 3.8) is 0 Å². The lowest BCUT2D eigenvalue weighted by Gasteiger charge is -2.16. The number of ether oxygens (including phenoxy) is 1. The van der Waals surface area contributed by atoms with E-state index in [0.717, 1.165) is 20.9 Å². The normalized spacial score (nSPS) is 16.2. The predicted octanol–water partition coefficient (Wildman–Crippen LogP) is 4.43. The van der Waals surface area contributed by atoms with E-state index in [4.69, 9.17) is 17.0 Å². The molecular weight excluding hydrogens is 448 g/mol. The van der Waals surface area contributed by atoms with Crippen LogP contribution in [0.15, 0.2) is 33.8 Å². The minimum atomic E-state index is -0.329. The number of benzene rings is 1. The van der Waals surface area contributed by atoms with Gasteiger partial charge in [-0.15, -0.1) is 0 Å². The topological polar surface area (TPSA) is 51.5 Å². The minimum Gasteiger partial charge on any atom is -0.468 e. The number of carbonyl (C=O) groups excluding carboxylic acids is 2. The number of aromatic nitrogens is 1. The van der Waals surface area contributed by atoms with Gasteiger partial charge in [-0.1, -0.05) is 53.8 Å². The van der Waals surface area contributed by atoms with Crippen molar-refractivity contribution in [2.75, 3.05) is 13.7 Å². The molecule has 0 spiro atoms. The third-order valence-electron chi connectivity index (χ3n) is 4.11. The molecule has 0 unspecified atom stereocenters. The number of methoxy groups -OCH3 is 1. The Morgan fingerprint density at radius 1 is 1.41 bits per heavy atom. The summed E-state index contributed by atoms with van der Waals surface area (Å²) < 4.78 is 8.12. The van der Waals surface area contributed by atoms with Gasteiger partial charge in [0.1, 0.15) is 10.9 Å². The molecule has 0 bridgehead atoms. The molecule has 1 fully saturated rings. The molecule has 1 aliphatic rings. The maximum absolute atomic E-state index is 12.7. The molecule has 142 valence electrons. The van der Waals surface area contributed by atoms with Crippen LogP contribution in [0.5, 0.6) is 0 Å². The Bertz CT molecular complexity index is 965. The Balaban J connectivity index is 2.03. The van der Waals surface area contributed by atoms with Crippen LogP contribution < -0.4 is 0 Å². The average molecular weight is 467 g/mol. The Hall–Kier alpha value is -1.64. The molecule has 1 aliphatic heterocycles. The van der Waals surface area contributed by atoms with E-state index in [2.05, 4.69) is 29.8 Å². The number of fused-ring (bicyclic) bond motifs is 1. The quantitative estimate of drug-likeness (QED) is 0.370. The molecule has 0 saturated carbocycles. The zero-order valence-electron chi connectivity index (χ0n) is 15.2. The van der Waals surface area contributed by atoms with Crippen LogP contribution in [-0.2, 0) is 20.9 Å². The monoisotopic (exact) mass is 466 g/mol. The van der Waals surface area contributed by atoms with Gasteiger partial charge < -0.3 is 9.30 Å². The highest BCUT2D eigenvalue weighted by Crippen LogP contribution is 2.35. The summed E-state index contributed by atoms with van der Waals surface area (Å²) in [4.78, 5) is 26.7. The van der Waals surface area contributed by atoms with Gasteiger partial charge >= 0.3 is 5.97 Å². The molecule has 1 aromatic carbocycles. The molecule has 8 heteroatoms. The third kappa shape index (κ3) is 4.28. The summed E-state index contributed by atoms with van der Waals surface area (Å²) in [7, 11) is 1.37. The van der Waals surface area contributed by atoms with Crippen molar-refractivity contribution in [2.24, 2.45) is 5.92 Å². The van der Waals surface area contributed by atoms with E-state index >= 15 is 0 Å². The van der Waals surface area contributed by atoms with E-state index in [0.29, 0.717) is 21.7 Å². The standard InChI is InChI=1S/C19H19BrN2O3S2/c1-11(2)8-22-18(24)16(27-19(22)26)6-12-9-21(10-17(23)25-3)15-5-4-13(20)7-14(12)15/h4-7,9,11H,8,10H2,1-3H3/b16-6-. The van der Waals surface area contributed by atoms with Crippen molar-refractivity contribution in [2.45, 2.75) is 20.4 Å². The lowest BCUT2D eigenvalue weighted by molar-refractivity contribution is -0.141. The number of halogens is 1. The van der Waals surface area contributed by atoms with Gasteiger partial charge in [0.25, 0.3) is 5.91 Å².